The molecule has 1 aromatic rings. The zero-order valence-electron chi connectivity index (χ0n) is 13.7. The summed E-state index contributed by atoms with van der Waals surface area (Å²) in [6, 6.07) is 4.46. The molecule has 0 amide bonds. The molecule has 0 saturated carbocycles. The highest BCUT2D eigenvalue weighted by molar-refractivity contribution is 5.84. The van der Waals surface area contributed by atoms with E-state index in [2.05, 4.69) is 6.58 Å². The number of hydrogen-bond donors (Lipinski definition) is 2. The van der Waals surface area contributed by atoms with E-state index in [1.165, 1.54) is 18.2 Å². The minimum atomic E-state index is -0.448. The highest BCUT2D eigenvalue weighted by Gasteiger charge is 2.07. The first-order chi connectivity index (χ1) is 11.6. The molecule has 1 rings (SSSR count). The molecule has 0 radical (unpaired) electrons. The number of carbonyl (C=O) groups excluding carboxylic acids is 3. The Bertz CT molecular complexity index is 556. The van der Waals surface area contributed by atoms with Crippen LogP contribution >= 0.6 is 0 Å². The van der Waals surface area contributed by atoms with Gasteiger partial charge in [-0.3, -0.25) is 9.59 Å². The summed E-state index contributed by atoms with van der Waals surface area (Å²) in [6.45, 7) is 3.60. The van der Waals surface area contributed by atoms with Crippen LogP contribution in [0.2, 0.25) is 0 Å². The Morgan fingerprint density at radius 3 is 2.54 bits per heavy atom. The van der Waals surface area contributed by atoms with Gasteiger partial charge in [0.1, 0.15) is 5.75 Å². The maximum atomic E-state index is 11.6. The van der Waals surface area contributed by atoms with E-state index < -0.39 is 5.97 Å². The van der Waals surface area contributed by atoms with Crippen molar-refractivity contribution in [3.8, 4) is 5.75 Å². The van der Waals surface area contributed by atoms with Crippen LogP contribution in [0.4, 0.5) is 5.69 Å². The molecule has 0 aliphatic rings. The fraction of sp³-hybridized carbons (Fsp3) is 0.353. The largest absolute Gasteiger partial charge is 0.463 e. The Balaban J connectivity index is 0.00000254. The number of hydrogen-bond acceptors (Lipinski definition) is 7. The summed E-state index contributed by atoms with van der Waals surface area (Å²) in [6.07, 6.45) is 4.05. The fourth-order valence-corrected chi connectivity index (χ4v) is 1.69. The third kappa shape index (κ3) is 8.70. The van der Waals surface area contributed by atoms with Crippen molar-refractivity contribution < 1.29 is 29.0 Å². The van der Waals surface area contributed by atoms with Crippen LogP contribution in [0, 0.1) is 0 Å². The lowest BCUT2D eigenvalue weighted by Gasteiger charge is -2.06. The molecule has 0 spiro atoms. The number of carbonyl (C=O) groups is 3. The van der Waals surface area contributed by atoms with Gasteiger partial charge in [-0.15, -0.1) is 0 Å². The van der Waals surface area contributed by atoms with Crippen LogP contribution in [0.1, 0.15) is 36.0 Å². The predicted octanol–water partition coefficient (Wildman–Crippen LogP) is 1.88. The number of nitrogens with two attached hydrogens (primary N) is 1. The quantitative estimate of drug-likeness (QED) is 0.176. The van der Waals surface area contributed by atoms with Gasteiger partial charge >= 0.3 is 11.9 Å². The number of aliphatic hydroxyl groups is 1. The fourth-order valence-electron chi connectivity index (χ4n) is 1.69. The average molecular weight is 337 g/mol. The van der Waals surface area contributed by atoms with Crippen molar-refractivity contribution >= 4 is 23.9 Å². The van der Waals surface area contributed by atoms with Crippen molar-refractivity contribution in [2.24, 2.45) is 0 Å². The third-order valence-corrected chi connectivity index (χ3v) is 2.85. The first kappa shape index (κ1) is 21.3. The van der Waals surface area contributed by atoms with E-state index in [9.17, 15) is 14.4 Å². The Kier molecular flexibility index (Phi) is 11.4. The van der Waals surface area contributed by atoms with Crippen molar-refractivity contribution in [3.05, 3.63) is 36.4 Å². The van der Waals surface area contributed by atoms with Crippen molar-refractivity contribution in [1.29, 1.82) is 0 Å². The lowest BCUT2D eigenvalue weighted by molar-refractivity contribution is -0.138. The minimum Gasteiger partial charge on any atom is -0.463 e. The molecule has 24 heavy (non-hydrogen) atoms. The van der Waals surface area contributed by atoms with Crippen LogP contribution < -0.4 is 10.5 Å². The standard InChI is InChI=1S/C16H19NO5.CH4O/c1-2-15(19)21-9-5-3-4-6-16(20)22-13-8-7-12(11-18)14(17)10-13;1-2/h2,7-8,10-11H,1,3-6,9,17H2;2H,1H3. The van der Waals surface area contributed by atoms with Crippen LogP contribution in [0.25, 0.3) is 0 Å². The summed E-state index contributed by atoms with van der Waals surface area (Å²) in [5.74, 6) is -0.509. The summed E-state index contributed by atoms with van der Waals surface area (Å²) in [4.78, 5) is 33.0. The molecule has 0 bridgehead atoms. The summed E-state index contributed by atoms with van der Waals surface area (Å²) in [5, 5.41) is 7.00. The molecular weight excluding hydrogens is 314 g/mol. The molecule has 0 fully saturated rings. The van der Waals surface area contributed by atoms with Gasteiger partial charge in [-0.25, -0.2) is 4.79 Å². The summed E-state index contributed by atoms with van der Waals surface area (Å²) < 4.78 is 9.94. The smallest absolute Gasteiger partial charge is 0.330 e. The van der Waals surface area contributed by atoms with Gasteiger partial charge in [0.15, 0.2) is 6.29 Å². The number of rotatable bonds is 9. The van der Waals surface area contributed by atoms with Crippen molar-refractivity contribution in [1.82, 2.24) is 0 Å². The van der Waals surface area contributed by atoms with Gasteiger partial charge < -0.3 is 20.3 Å². The zero-order valence-corrected chi connectivity index (χ0v) is 13.7. The molecule has 7 heteroatoms. The van der Waals surface area contributed by atoms with Crippen molar-refractivity contribution in [2.45, 2.75) is 25.7 Å². The van der Waals surface area contributed by atoms with Crippen LogP contribution in [0.3, 0.4) is 0 Å². The molecule has 0 saturated heterocycles. The molecule has 0 aromatic heterocycles. The van der Waals surface area contributed by atoms with E-state index >= 15 is 0 Å². The molecule has 0 unspecified atom stereocenters. The molecule has 0 heterocycles. The molecule has 3 N–H and O–H groups in total. The Morgan fingerprint density at radius 2 is 1.96 bits per heavy atom. The lowest BCUT2D eigenvalue weighted by atomic mass is 10.2. The van der Waals surface area contributed by atoms with Gasteiger partial charge in [-0.05, 0) is 31.4 Å². The Hall–Kier alpha value is -2.67. The normalized spacial score (nSPS) is 9.25. The summed E-state index contributed by atoms with van der Waals surface area (Å²) in [7, 11) is 1.00. The number of aldehydes is 1. The van der Waals surface area contributed by atoms with E-state index in [0.717, 1.165) is 19.6 Å². The van der Waals surface area contributed by atoms with Gasteiger partial charge in [-0.1, -0.05) is 6.58 Å². The first-order valence-electron chi connectivity index (χ1n) is 7.36. The SMILES string of the molecule is C=CC(=O)OCCCCCC(=O)Oc1ccc(C=O)c(N)c1.CO. The van der Waals surface area contributed by atoms with Crippen LogP contribution in [0.5, 0.6) is 5.75 Å². The average Bonchev–Trinajstić information content (AvgIpc) is 2.59. The van der Waals surface area contributed by atoms with Crippen molar-refractivity contribution in [3.63, 3.8) is 0 Å². The van der Waals surface area contributed by atoms with E-state index in [1.54, 1.807) is 0 Å². The number of ether oxygens (including phenoxy) is 2. The molecule has 0 aliphatic heterocycles. The third-order valence-electron chi connectivity index (χ3n) is 2.85. The van der Waals surface area contributed by atoms with Gasteiger partial charge in [0.25, 0.3) is 0 Å². The second-order valence-corrected chi connectivity index (χ2v) is 4.56. The van der Waals surface area contributed by atoms with E-state index in [4.69, 9.17) is 20.3 Å². The maximum Gasteiger partial charge on any atom is 0.330 e. The van der Waals surface area contributed by atoms with E-state index in [1.807, 2.05) is 0 Å². The molecule has 7 nitrogen and oxygen atoms in total. The predicted molar refractivity (Wildman–Crippen MR) is 89.6 cm³/mol. The monoisotopic (exact) mass is 337 g/mol. The molecule has 0 aliphatic carbocycles. The summed E-state index contributed by atoms with van der Waals surface area (Å²) >= 11 is 0. The zero-order chi connectivity index (χ0) is 18.4. The van der Waals surface area contributed by atoms with Crippen LogP contribution in [-0.2, 0) is 14.3 Å². The van der Waals surface area contributed by atoms with Gasteiger partial charge in [0.2, 0.25) is 0 Å². The molecular formula is C17H23NO6. The Labute approximate surface area is 141 Å². The number of benzene rings is 1. The van der Waals surface area contributed by atoms with E-state index in [-0.39, 0.29) is 18.1 Å². The topological polar surface area (TPSA) is 116 Å². The summed E-state index contributed by atoms with van der Waals surface area (Å²) in [5.41, 5.74) is 6.25. The highest BCUT2D eigenvalue weighted by Crippen LogP contribution is 2.19. The molecule has 132 valence electrons. The number of nitrogen functional groups attached to an aromatic ring is 1. The second-order valence-electron chi connectivity index (χ2n) is 4.56. The van der Waals surface area contributed by atoms with Gasteiger partial charge in [-0.2, -0.15) is 0 Å². The maximum absolute atomic E-state index is 11.6. The highest BCUT2D eigenvalue weighted by atomic mass is 16.5. The second kappa shape index (κ2) is 12.8. The van der Waals surface area contributed by atoms with Gasteiger partial charge in [0.05, 0.1) is 6.61 Å². The number of anilines is 1. The minimum absolute atomic E-state index is 0.255. The number of unbranched alkanes of at least 4 members (excludes halogenated alkanes) is 2. The molecule has 0 atom stereocenters. The van der Waals surface area contributed by atoms with Crippen LogP contribution in [-0.4, -0.2) is 37.0 Å². The lowest BCUT2D eigenvalue weighted by Crippen LogP contribution is -2.08. The van der Waals surface area contributed by atoms with Crippen molar-refractivity contribution in [2.75, 3.05) is 19.5 Å². The van der Waals surface area contributed by atoms with Crippen LogP contribution in [0.15, 0.2) is 30.9 Å². The van der Waals surface area contributed by atoms with Gasteiger partial charge in [0, 0.05) is 36.9 Å². The first-order valence-corrected chi connectivity index (χ1v) is 7.36. The van der Waals surface area contributed by atoms with E-state index in [0.29, 0.717) is 37.0 Å². The molecule has 1 aromatic carbocycles. The number of aliphatic hydroxyl groups excluding tert-OH is 1. The number of esters is 2. The Morgan fingerprint density at radius 1 is 1.25 bits per heavy atom.